The van der Waals surface area contributed by atoms with Gasteiger partial charge in [-0.1, -0.05) is 0 Å². The molecule has 2 N–H and O–H groups in total. The van der Waals surface area contributed by atoms with Gasteiger partial charge in [-0.15, -0.1) is 0 Å². The highest BCUT2D eigenvalue weighted by Crippen LogP contribution is 2.14. The Morgan fingerprint density at radius 1 is 1.56 bits per heavy atom. The van der Waals surface area contributed by atoms with Crippen LogP contribution in [0.4, 0.5) is 0 Å². The van der Waals surface area contributed by atoms with Gasteiger partial charge in [0.2, 0.25) is 0 Å². The molecular formula is C12H19NO5. The van der Waals surface area contributed by atoms with E-state index in [1.807, 2.05) is 0 Å². The van der Waals surface area contributed by atoms with E-state index < -0.39 is 11.0 Å². The lowest BCUT2D eigenvalue weighted by Gasteiger charge is -2.14. The van der Waals surface area contributed by atoms with Crippen LogP contribution in [0.2, 0.25) is 0 Å². The lowest BCUT2D eigenvalue weighted by atomic mass is 10.1. The molecule has 6 heteroatoms. The summed E-state index contributed by atoms with van der Waals surface area (Å²) in [6.45, 7) is 0.343. The molecule has 2 unspecified atom stereocenters. The van der Waals surface area contributed by atoms with Crippen molar-refractivity contribution in [2.75, 3.05) is 13.2 Å². The predicted octanol–water partition coefficient (Wildman–Crippen LogP) is 1.02. The van der Waals surface area contributed by atoms with Gasteiger partial charge in [0, 0.05) is 19.1 Å². The number of aliphatic hydroxyl groups is 2. The van der Waals surface area contributed by atoms with Gasteiger partial charge in [0.1, 0.15) is 0 Å². The first-order valence-corrected chi connectivity index (χ1v) is 6.06. The van der Waals surface area contributed by atoms with Crippen LogP contribution in [-0.4, -0.2) is 40.6 Å². The summed E-state index contributed by atoms with van der Waals surface area (Å²) >= 11 is 0. The number of unbranched alkanes of at least 4 members (excludes halogenated alkanes) is 1. The molecule has 1 aliphatic carbocycles. The molecule has 0 saturated carbocycles. The van der Waals surface area contributed by atoms with Gasteiger partial charge in [0.15, 0.2) is 0 Å². The zero-order valence-electron chi connectivity index (χ0n) is 10.2. The molecule has 0 bridgehead atoms. The minimum absolute atomic E-state index is 0.100. The number of nitrogens with zero attached hydrogens (tertiary/aromatic N) is 1. The molecule has 0 spiro atoms. The van der Waals surface area contributed by atoms with Gasteiger partial charge in [-0.25, -0.2) is 0 Å². The third-order valence-corrected chi connectivity index (χ3v) is 2.73. The third-order valence-electron chi connectivity index (χ3n) is 2.73. The molecule has 6 nitrogen and oxygen atoms in total. The SMILES string of the molecule is O=[N+]([O-])C1=CCC(OCCCCC(O)CO)C=C1. The first-order chi connectivity index (χ1) is 8.63. The summed E-state index contributed by atoms with van der Waals surface area (Å²) < 4.78 is 5.53. The molecule has 1 rings (SSSR count). The standard InChI is InChI=1S/C12H19NO5/c14-9-11(15)3-1-2-8-18-12-6-4-10(5-7-12)13(16)17/h4-6,11-12,14-15H,1-3,7-9H2. The molecule has 0 heterocycles. The van der Waals surface area contributed by atoms with E-state index in [2.05, 4.69) is 0 Å². The summed E-state index contributed by atoms with van der Waals surface area (Å²) in [5.41, 5.74) is 0.112. The van der Waals surface area contributed by atoms with Crippen molar-refractivity contribution in [3.63, 3.8) is 0 Å². The molecule has 0 aromatic carbocycles. The fourth-order valence-corrected chi connectivity index (χ4v) is 1.66. The molecule has 0 radical (unpaired) electrons. The van der Waals surface area contributed by atoms with Crippen LogP contribution in [0, 0.1) is 10.1 Å². The smallest absolute Gasteiger partial charge is 0.265 e. The van der Waals surface area contributed by atoms with Crippen LogP contribution >= 0.6 is 0 Å². The third kappa shape index (κ3) is 5.39. The van der Waals surface area contributed by atoms with Crippen LogP contribution in [0.5, 0.6) is 0 Å². The maximum Gasteiger partial charge on any atom is 0.265 e. The molecule has 0 aromatic rings. The molecule has 0 aromatic heterocycles. The maximum absolute atomic E-state index is 10.5. The topological polar surface area (TPSA) is 92.8 Å². The number of hydrogen-bond donors (Lipinski definition) is 2. The average Bonchev–Trinajstić information content (AvgIpc) is 2.38. The average molecular weight is 257 g/mol. The maximum atomic E-state index is 10.5. The number of aliphatic hydroxyl groups excluding tert-OH is 2. The Bertz CT molecular complexity index is 326. The minimum Gasteiger partial charge on any atom is -0.394 e. The molecule has 0 saturated heterocycles. The molecule has 0 amide bonds. The summed E-state index contributed by atoms with van der Waals surface area (Å²) in [6, 6.07) is 0. The van der Waals surface area contributed by atoms with Crippen molar-refractivity contribution in [1.82, 2.24) is 0 Å². The van der Waals surface area contributed by atoms with E-state index in [1.54, 1.807) is 12.2 Å². The molecule has 18 heavy (non-hydrogen) atoms. The number of allylic oxidation sites excluding steroid dienone is 1. The normalized spacial score (nSPS) is 20.6. The second kappa shape index (κ2) is 7.97. The molecule has 0 fully saturated rings. The van der Waals surface area contributed by atoms with Gasteiger partial charge in [0.05, 0.1) is 23.7 Å². The number of ether oxygens (including phenoxy) is 1. The lowest BCUT2D eigenvalue weighted by molar-refractivity contribution is -0.419. The highest BCUT2D eigenvalue weighted by molar-refractivity contribution is 5.18. The van der Waals surface area contributed by atoms with Gasteiger partial charge in [-0.2, -0.15) is 0 Å². The molecule has 0 aliphatic heterocycles. The van der Waals surface area contributed by atoms with Gasteiger partial charge >= 0.3 is 0 Å². The summed E-state index contributed by atoms with van der Waals surface area (Å²) in [6.07, 6.45) is 6.63. The van der Waals surface area contributed by atoms with Crippen LogP contribution < -0.4 is 0 Å². The van der Waals surface area contributed by atoms with Crippen molar-refractivity contribution in [3.8, 4) is 0 Å². The Morgan fingerprint density at radius 2 is 2.33 bits per heavy atom. The van der Waals surface area contributed by atoms with Crippen LogP contribution in [-0.2, 0) is 4.74 Å². The van der Waals surface area contributed by atoms with Crippen molar-refractivity contribution in [1.29, 1.82) is 0 Å². The van der Waals surface area contributed by atoms with E-state index in [4.69, 9.17) is 14.9 Å². The zero-order chi connectivity index (χ0) is 13.4. The van der Waals surface area contributed by atoms with Crippen molar-refractivity contribution in [2.24, 2.45) is 0 Å². The van der Waals surface area contributed by atoms with Gasteiger partial charge in [-0.05, 0) is 31.4 Å². The largest absolute Gasteiger partial charge is 0.394 e. The summed E-state index contributed by atoms with van der Waals surface area (Å²) in [4.78, 5) is 10.0. The molecular weight excluding hydrogens is 238 g/mol. The lowest BCUT2D eigenvalue weighted by Crippen LogP contribution is -2.15. The molecule has 2 atom stereocenters. The van der Waals surface area contributed by atoms with E-state index in [0.717, 1.165) is 12.8 Å². The Hall–Kier alpha value is -1.24. The van der Waals surface area contributed by atoms with Gasteiger partial charge in [0.25, 0.3) is 5.70 Å². The second-order valence-electron chi connectivity index (χ2n) is 4.22. The second-order valence-corrected chi connectivity index (χ2v) is 4.22. The van der Waals surface area contributed by atoms with Crippen LogP contribution in [0.3, 0.4) is 0 Å². The van der Waals surface area contributed by atoms with E-state index in [9.17, 15) is 10.1 Å². The summed E-state index contributed by atoms with van der Waals surface area (Å²) in [5.74, 6) is 0. The Labute approximate surface area is 106 Å². The number of rotatable bonds is 8. The molecule has 1 aliphatic rings. The summed E-state index contributed by atoms with van der Waals surface area (Å²) in [5, 5.41) is 28.2. The highest BCUT2D eigenvalue weighted by atomic mass is 16.6. The monoisotopic (exact) mass is 257 g/mol. The quantitative estimate of drug-likeness (QED) is 0.384. The van der Waals surface area contributed by atoms with Crippen molar-refractivity contribution < 1.29 is 19.9 Å². The highest BCUT2D eigenvalue weighted by Gasteiger charge is 2.15. The van der Waals surface area contributed by atoms with E-state index in [-0.39, 0.29) is 18.4 Å². The van der Waals surface area contributed by atoms with Crippen molar-refractivity contribution in [2.45, 2.75) is 37.9 Å². The Kier molecular flexibility index (Phi) is 6.56. The molecule has 102 valence electrons. The van der Waals surface area contributed by atoms with E-state index >= 15 is 0 Å². The van der Waals surface area contributed by atoms with Crippen LogP contribution in [0.1, 0.15) is 25.7 Å². The van der Waals surface area contributed by atoms with Crippen LogP contribution in [0.25, 0.3) is 0 Å². The minimum atomic E-state index is -0.648. The Balaban J connectivity index is 2.09. The van der Waals surface area contributed by atoms with E-state index in [0.29, 0.717) is 19.4 Å². The van der Waals surface area contributed by atoms with Gasteiger partial charge < -0.3 is 14.9 Å². The first kappa shape index (κ1) is 14.8. The van der Waals surface area contributed by atoms with Crippen molar-refractivity contribution in [3.05, 3.63) is 34.0 Å². The van der Waals surface area contributed by atoms with Crippen LogP contribution in [0.15, 0.2) is 23.9 Å². The van der Waals surface area contributed by atoms with Gasteiger partial charge in [-0.3, -0.25) is 10.1 Å². The zero-order valence-corrected chi connectivity index (χ0v) is 10.2. The Morgan fingerprint density at radius 3 is 2.89 bits per heavy atom. The first-order valence-electron chi connectivity index (χ1n) is 6.06. The fourth-order valence-electron chi connectivity index (χ4n) is 1.66. The van der Waals surface area contributed by atoms with Crippen molar-refractivity contribution >= 4 is 0 Å². The fraction of sp³-hybridized carbons (Fsp3) is 0.667. The number of hydrogen-bond acceptors (Lipinski definition) is 5. The predicted molar refractivity (Wildman–Crippen MR) is 65.5 cm³/mol. The van der Waals surface area contributed by atoms with E-state index in [1.165, 1.54) is 6.08 Å². The number of nitro groups is 1. The summed E-state index contributed by atoms with van der Waals surface area (Å²) in [7, 11) is 0.